The van der Waals surface area contributed by atoms with Crippen LogP contribution in [-0.4, -0.2) is 36.3 Å². The van der Waals surface area contributed by atoms with Gasteiger partial charge >= 0.3 is 6.09 Å². The Morgan fingerprint density at radius 2 is 1.96 bits per heavy atom. The van der Waals surface area contributed by atoms with Crippen LogP contribution < -0.4 is 10.2 Å². The Kier molecular flexibility index (Phi) is 5.32. The number of rotatable bonds is 3. The molecule has 0 saturated carbocycles. The normalized spacial score (nSPS) is 16.9. The molecule has 1 aromatic heterocycles. The molecular formula is C19H27N3O2. The number of hydrogen-bond donors (Lipinski definition) is 1. The molecule has 1 aliphatic rings. The van der Waals surface area contributed by atoms with E-state index in [0.717, 1.165) is 22.3 Å². The number of benzene rings is 1. The molecule has 0 radical (unpaired) electrons. The lowest BCUT2D eigenvalue weighted by Gasteiger charge is -2.40. The topological polar surface area (TPSA) is 54.5 Å². The van der Waals surface area contributed by atoms with Crippen LogP contribution in [0.5, 0.6) is 0 Å². The van der Waals surface area contributed by atoms with Gasteiger partial charge in [-0.25, -0.2) is 4.79 Å². The highest BCUT2D eigenvalue weighted by atomic mass is 16.6. The van der Waals surface area contributed by atoms with E-state index in [0.29, 0.717) is 6.54 Å². The van der Waals surface area contributed by atoms with E-state index >= 15 is 0 Å². The van der Waals surface area contributed by atoms with E-state index in [1.165, 1.54) is 0 Å². The molecule has 1 amide bonds. The number of carbonyl (C=O) groups excluding carboxylic acids is 1. The maximum absolute atomic E-state index is 11.4. The zero-order valence-corrected chi connectivity index (χ0v) is 15.4. The van der Waals surface area contributed by atoms with Crippen LogP contribution in [0.2, 0.25) is 0 Å². The molecule has 1 saturated heterocycles. The van der Waals surface area contributed by atoms with Crippen LogP contribution in [0, 0.1) is 6.92 Å². The summed E-state index contributed by atoms with van der Waals surface area (Å²) >= 11 is 0. The predicted molar refractivity (Wildman–Crippen MR) is 98.6 cm³/mol. The number of para-hydroxylation sites is 1. The maximum Gasteiger partial charge on any atom is 0.407 e. The van der Waals surface area contributed by atoms with Crippen molar-refractivity contribution in [2.45, 2.75) is 46.3 Å². The first-order chi connectivity index (χ1) is 11.4. The number of nitrogens with zero attached hydrogens (tertiary/aromatic N) is 2. The van der Waals surface area contributed by atoms with Crippen molar-refractivity contribution >= 4 is 22.7 Å². The molecule has 3 rings (SSSR count). The van der Waals surface area contributed by atoms with Crippen molar-refractivity contribution < 1.29 is 9.53 Å². The van der Waals surface area contributed by atoms with E-state index in [1.54, 1.807) is 0 Å². The molecule has 5 heteroatoms. The van der Waals surface area contributed by atoms with Crippen molar-refractivity contribution in [3.05, 3.63) is 36.0 Å². The molecule has 0 bridgehead atoms. The molecule has 130 valence electrons. The molecule has 1 unspecified atom stereocenters. The Morgan fingerprint density at radius 1 is 1.29 bits per heavy atom. The quantitative estimate of drug-likeness (QED) is 0.928. The lowest BCUT2D eigenvalue weighted by atomic mass is 9.94. The Balaban J connectivity index is 0.00000100. The number of ether oxygens (including phenoxy) is 1. The number of cyclic esters (lactones) is 1. The highest BCUT2D eigenvalue weighted by molar-refractivity contribution is 5.92. The molecule has 2 heterocycles. The van der Waals surface area contributed by atoms with Crippen molar-refractivity contribution in [2.75, 3.05) is 18.5 Å². The van der Waals surface area contributed by atoms with Crippen molar-refractivity contribution in [3.63, 3.8) is 0 Å². The summed E-state index contributed by atoms with van der Waals surface area (Å²) in [6.45, 7) is 10.7. The van der Waals surface area contributed by atoms with Crippen LogP contribution in [0.15, 0.2) is 30.3 Å². The first-order valence-electron chi connectivity index (χ1n) is 8.44. The smallest absolute Gasteiger partial charge is 0.407 e. The molecule has 0 aliphatic carbocycles. The number of aromatic nitrogens is 1. The standard InChI is InChI=1S/C17H21N3O2.C2H6/c1-11-9-14(12-7-5-6-8-13(12)19-11)20(4)17(2,3)15-10-18-16(21)22-15;1-2/h5-9,15H,10H2,1-4H3,(H,18,21);1-2H3. The summed E-state index contributed by atoms with van der Waals surface area (Å²) in [6, 6.07) is 10.2. The second-order valence-corrected chi connectivity index (χ2v) is 6.29. The van der Waals surface area contributed by atoms with Gasteiger partial charge in [-0.3, -0.25) is 4.98 Å². The predicted octanol–water partition coefficient (Wildman–Crippen LogP) is 3.89. The molecule has 24 heavy (non-hydrogen) atoms. The van der Waals surface area contributed by atoms with E-state index < -0.39 is 0 Å². The number of amides is 1. The Morgan fingerprint density at radius 3 is 2.58 bits per heavy atom. The SMILES string of the molecule is CC.Cc1cc(N(C)C(C)(C)C2CNC(=O)O2)c2ccccc2n1. The first kappa shape index (κ1) is 18.0. The van der Waals surface area contributed by atoms with Gasteiger partial charge in [-0.05, 0) is 32.9 Å². The highest BCUT2D eigenvalue weighted by Crippen LogP contribution is 2.33. The fourth-order valence-electron chi connectivity index (χ4n) is 2.87. The van der Waals surface area contributed by atoms with Crippen molar-refractivity contribution in [3.8, 4) is 0 Å². The lowest BCUT2D eigenvalue weighted by molar-refractivity contribution is 0.100. The zero-order chi connectivity index (χ0) is 17.9. The Bertz CT molecular complexity index is 728. The van der Waals surface area contributed by atoms with Crippen LogP contribution >= 0.6 is 0 Å². The number of anilines is 1. The van der Waals surface area contributed by atoms with Gasteiger partial charge in [0.15, 0.2) is 0 Å². The van der Waals surface area contributed by atoms with Gasteiger partial charge in [-0.2, -0.15) is 0 Å². The molecule has 5 nitrogen and oxygen atoms in total. The fourth-order valence-corrected chi connectivity index (χ4v) is 2.87. The number of alkyl carbamates (subject to hydrolysis) is 1. The number of fused-ring (bicyclic) bond motifs is 1. The van der Waals surface area contributed by atoms with Crippen LogP contribution in [0.25, 0.3) is 10.9 Å². The van der Waals surface area contributed by atoms with Crippen LogP contribution in [0.1, 0.15) is 33.4 Å². The highest BCUT2D eigenvalue weighted by Gasteiger charge is 2.40. The van der Waals surface area contributed by atoms with Gasteiger partial charge in [-0.15, -0.1) is 0 Å². The molecule has 1 N–H and O–H groups in total. The summed E-state index contributed by atoms with van der Waals surface area (Å²) in [7, 11) is 2.04. The van der Waals surface area contributed by atoms with Crippen LogP contribution in [0.4, 0.5) is 10.5 Å². The molecule has 2 aromatic rings. The zero-order valence-electron chi connectivity index (χ0n) is 15.4. The Labute approximate surface area is 144 Å². The molecular weight excluding hydrogens is 302 g/mol. The average molecular weight is 329 g/mol. The van der Waals surface area contributed by atoms with Gasteiger partial charge in [0.1, 0.15) is 6.10 Å². The van der Waals surface area contributed by atoms with Crippen molar-refractivity contribution in [2.24, 2.45) is 0 Å². The van der Waals surface area contributed by atoms with Gasteiger partial charge in [0, 0.05) is 23.8 Å². The van der Waals surface area contributed by atoms with E-state index in [9.17, 15) is 4.79 Å². The largest absolute Gasteiger partial charge is 0.442 e. The third-order valence-corrected chi connectivity index (χ3v) is 4.52. The van der Waals surface area contributed by atoms with Crippen LogP contribution in [0.3, 0.4) is 0 Å². The summed E-state index contributed by atoms with van der Waals surface area (Å²) in [5.41, 5.74) is 2.70. The van der Waals surface area contributed by atoms with Crippen LogP contribution in [-0.2, 0) is 4.74 Å². The number of pyridine rings is 1. The van der Waals surface area contributed by atoms with Crippen molar-refractivity contribution in [1.82, 2.24) is 10.3 Å². The minimum atomic E-state index is -0.345. The monoisotopic (exact) mass is 329 g/mol. The summed E-state index contributed by atoms with van der Waals surface area (Å²) in [6.07, 6.45) is -0.542. The minimum Gasteiger partial charge on any atom is -0.442 e. The third kappa shape index (κ3) is 3.30. The van der Waals surface area contributed by atoms with Gasteiger partial charge in [0.2, 0.25) is 0 Å². The first-order valence-corrected chi connectivity index (χ1v) is 8.44. The average Bonchev–Trinajstić information content (AvgIpc) is 3.02. The van der Waals surface area contributed by atoms with Crippen molar-refractivity contribution in [1.29, 1.82) is 0 Å². The van der Waals surface area contributed by atoms with Gasteiger partial charge < -0.3 is 15.0 Å². The number of aryl methyl sites for hydroxylation is 1. The molecule has 0 spiro atoms. The molecule has 1 aliphatic heterocycles. The Hall–Kier alpha value is -2.30. The molecule has 1 atom stereocenters. The number of carbonyl (C=O) groups is 1. The maximum atomic E-state index is 11.4. The van der Waals surface area contributed by atoms with Gasteiger partial charge in [-0.1, -0.05) is 32.0 Å². The third-order valence-electron chi connectivity index (χ3n) is 4.52. The van der Waals surface area contributed by atoms with Gasteiger partial charge in [0.05, 0.1) is 17.6 Å². The summed E-state index contributed by atoms with van der Waals surface area (Å²) in [5, 5.41) is 3.83. The second-order valence-electron chi connectivity index (χ2n) is 6.29. The number of hydrogen-bond acceptors (Lipinski definition) is 4. The van der Waals surface area contributed by atoms with Gasteiger partial charge in [0.25, 0.3) is 0 Å². The van der Waals surface area contributed by atoms with E-state index in [1.807, 2.05) is 46.0 Å². The minimum absolute atomic E-state index is 0.197. The lowest BCUT2D eigenvalue weighted by Crippen LogP contribution is -2.52. The second kappa shape index (κ2) is 7.07. The molecule has 1 aromatic carbocycles. The number of nitrogens with one attached hydrogen (secondary N) is 1. The fraction of sp³-hybridized carbons (Fsp3) is 0.474. The summed E-state index contributed by atoms with van der Waals surface area (Å²) in [4.78, 5) is 18.1. The molecule has 1 fully saturated rings. The van der Waals surface area contributed by atoms with E-state index in [2.05, 4.69) is 41.2 Å². The number of likely N-dealkylation sites (N-methyl/N-ethyl adjacent to an activating group) is 1. The summed E-state index contributed by atoms with van der Waals surface area (Å²) < 4.78 is 5.40. The van der Waals surface area contributed by atoms with E-state index in [-0.39, 0.29) is 17.7 Å². The van der Waals surface area contributed by atoms with E-state index in [4.69, 9.17) is 4.74 Å². The summed E-state index contributed by atoms with van der Waals surface area (Å²) in [5.74, 6) is 0.